The Labute approximate surface area is 146 Å². The van der Waals surface area contributed by atoms with Crippen LogP contribution in [0.1, 0.15) is 25.8 Å². The highest BCUT2D eigenvalue weighted by Crippen LogP contribution is 2.19. The second kappa shape index (κ2) is 7.27. The topological polar surface area (TPSA) is 71.6 Å². The molecule has 0 saturated carbocycles. The Morgan fingerprint density at radius 2 is 2.00 bits per heavy atom. The van der Waals surface area contributed by atoms with Crippen molar-refractivity contribution in [1.82, 2.24) is 9.88 Å². The van der Waals surface area contributed by atoms with Gasteiger partial charge in [0.05, 0.1) is 37.9 Å². The number of nitrogens with one attached hydrogen (secondary N) is 1. The van der Waals surface area contributed by atoms with Crippen molar-refractivity contribution >= 4 is 16.8 Å². The van der Waals surface area contributed by atoms with Crippen LogP contribution in [0.15, 0.2) is 29.1 Å². The summed E-state index contributed by atoms with van der Waals surface area (Å²) in [6, 6.07) is 7.54. The summed E-state index contributed by atoms with van der Waals surface area (Å²) in [4.78, 5) is 29.7. The lowest BCUT2D eigenvalue weighted by Crippen LogP contribution is -2.52. The number of rotatable bonds is 4. The van der Waals surface area contributed by atoms with E-state index in [4.69, 9.17) is 9.47 Å². The molecular weight excluding hydrogens is 320 g/mol. The lowest BCUT2D eigenvalue weighted by Gasteiger charge is -2.38. The van der Waals surface area contributed by atoms with Crippen LogP contribution in [-0.2, 0) is 16.0 Å². The number of pyridine rings is 1. The predicted octanol–water partition coefficient (Wildman–Crippen LogP) is 2.11. The van der Waals surface area contributed by atoms with E-state index in [9.17, 15) is 9.59 Å². The lowest BCUT2D eigenvalue weighted by atomic mass is 10.1. The van der Waals surface area contributed by atoms with Crippen molar-refractivity contribution in [3.8, 4) is 5.75 Å². The Balaban J connectivity index is 1.75. The first-order valence-corrected chi connectivity index (χ1v) is 8.58. The Bertz CT molecular complexity index is 820. The Hall–Kier alpha value is -2.34. The summed E-state index contributed by atoms with van der Waals surface area (Å²) in [5.74, 6) is 0.763. The zero-order chi connectivity index (χ0) is 18.0. The molecule has 0 radical (unpaired) electrons. The van der Waals surface area contributed by atoms with Gasteiger partial charge in [-0.05, 0) is 43.9 Å². The molecule has 134 valence electrons. The molecule has 1 aliphatic heterocycles. The first-order chi connectivity index (χ1) is 12.0. The van der Waals surface area contributed by atoms with Crippen molar-refractivity contribution in [2.75, 3.05) is 20.3 Å². The van der Waals surface area contributed by atoms with Crippen molar-refractivity contribution in [2.45, 2.75) is 38.8 Å². The molecule has 1 aromatic heterocycles. The summed E-state index contributed by atoms with van der Waals surface area (Å²) in [6.07, 6.45) is 0.742. The van der Waals surface area contributed by atoms with E-state index in [1.165, 1.54) is 0 Å². The van der Waals surface area contributed by atoms with E-state index in [1.54, 1.807) is 13.2 Å². The third kappa shape index (κ3) is 3.69. The van der Waals surface area contributed by atoms with Crippen molar-refractivity contribution in [1.29, 1.82) is 0 Å². The Morgan fingerprint density at radius 1 is 1.28 bits per heavy atom. The number of hydrogen-bond acceptors (Lipinski definition) is 4. The van der Waals surface area contributed by atoms with Gasteiger partial charge < -0.3 is 19.4 Å². The maximum atomic E-state index is 12.6. The average Bonchev–Trinajstić information content (AvgIpc) is 2.59. The molecule has 1 saturated heterocycles. The van der Waals surface area contributed by atoms with Crippen molar-refractivity contribution in [3.63, 3.8) is 0 Å². The van der Waals surface area contributed by atoms with Crippen molar-refractivity contribution < 1.29 is 14.3 Å². The van der Waals surface area contributed by atoms with Crippen LogP contribution < -0.4 is 10.3 Å². The molecule has 2 atom stereocenters. The zero-order valence-corrected chi connectivity index (χ0v) is 14.9. The number of hydrogen-bond donors (Lipinski definition) is 1. The molecule has 25 heavy (non-hydrogen) atoms. The zero-order valence-electron chi connectivity index (χ0n) is 14.9. The molecule has 2 aromatic rings. The van der Waals surface area contributed by atoms with Gasteiger partial charge in [0, 0.05) is 18.1 Å². The maximum absolute atomic E-state index is 12.6. The second-order valence-corrected chi connectivity index (χ2v) is 6.61. The smallest absolute Gasteiger partial charge is 0.251 e. The number of aromatic amines is 1. The SMILES string of the molecule is COc1ccc2cc(CCC(=O)N3C(C)COCC3C)c(=O)[nH]c2c1. The molecule has 1 N–H and O–H groups in total. The van der Waals surface area contributed by atoms with Crippen LogP contribution in [0.4, 0.5) is 0 Å². The van der Waals surface area contributed by atoms with Gasteiger partial charge in [0.2, 0.25) is 5.91 Å². The van der Waals surface area contributed by atoms with Crippen LogP contribution in [0.5, 0.6) is 5.75 Å². The van der Waals surface area contributed by atoms with Gasteiger partial charge >= 0.3 is 0 Å². The fourth-order valence-corrected chi connectivity index (χ4v) is 3.40. The summed E-state index contributed by atoms with van der Waals surface area (Å²) in [7, 11) is 1.59. The van der Waals surface area contributed by atoms with E-state index in [-0.39, 0.29) is 23.6 Å². The molecule has 1 fully saturated rings. The molecule has 1 aliphatic rings. The number of nitrogens with zero attached hydrogens (tertiary/aromatic N) is 1. The van der Waals surface area contributed by atoms with Gasteiger partial charge in [-0.15, -0.1) is 0 Å². The minimum atomic E-state index is -0.156. The van der Waals surface area contributed by atoms with Crippen molar-refractivity contribution in [2.24, 2.45) is 0 Å². The number of methoxy groups -OCH3 is 1. The highest BCUT2D eigenvalue weighted by molar-refractivity contribution is 5.81. The Kier molecular flexibility index (Phi) is 5.08. The van der Waals surface area contributed by atoms with Gasteiger partial charge in [0.25, 0.3) is 5.56 Å². The number of amides is 1. The number of aryl methyl sites for hydroxylation is 1. The van der Waals surface area contributed by atoms with Gasteiger partial charge in [-0.1, -0.05) is 0 Å². The molecule has 3 rings (SSSR count). The van der Waals surface area contributed by atoms with E-state index in [0.29, 0.717) is 37.4 Å². The molecule has 2 heterocycles. The molecule has 2 unspecified atom stereocenters. The molecule has 6 nitrogen and oxygen atoms in total. The fourth-order valence-electron chi connectivity index (χ4n) is 3.40. The van der Waals surface area contributed by atoms with Crippen LogP contribution in [0.3, 0.4) is 0 Å². The van der Waals surface area contributed by atoms with Crippen LogP contribution in [0.25, 0.3) is 10.9 Å². The minimum Gasteiger partial charge on any atom is -0.497 e. The first-order valence-electron chi connectivity index (χ1n) is 8.58. The first kappa shape index (κ1) is 17.5. The van der Waals surface area contributed by atoms with Crippen LogP contribution in [-0.4, -0.2) is 48.2 Å². The normalized spacial score (nSPS) is 20.7. The summed E-state index contributed by atoms with van der Waals surface area (Å²) in [5, 5.41) is 0.927. The number of H-pyrrole nitrogens is 1. The van der Waals surface area contributed by atoms with Gasteiger partial charge in [-0.3, -0.25) is 9.59 Å². The van der Waals surface area contributed by atoms with E-state index in [2.05, 4.69) is 4.98 Å². The number of morpholine rings is 1. The van der Waals surface area contributed by atoms with E-state index < -0.39 is 0 Å². The van der Waals surface area contributed by atoms with Crippen molar-refractivity contribution in [3.05, 3.63) is 40.2 Å². The predicted molar refractivity (Wildman–Crippen MR) is 96.0 cm³/mol. The monoisotopic (exact) mass is 344 g/mol. The van der Waals surface area contributed by atoms with E-state index in [1.807, 2.05) is 36.9 Å². The van der Waals surface area contributed by atoms with E-state index in [0.717, 1.165) is 10.9 Å². The number of benzene rings is 1. The summed E-state index contributed by atoms with van der Waals surface area (Å²) in [5.41, 5.74) is 1.20. The third-order valence-corrected chi connectivity index (χ3v) is 4.69. The molecule has 1 amide bonds. The molecule has 0 aliphatic carbocycles. The number of fused-ring (bicyclic) bond motifs is 1. The maximum Gasteiger partial charge on any atom is 0.251 e. The van der Waals surface area contributed by atoms with Gasteiger partial charge in [0.15, 0.2) is 0 Å². The number of carbonyl (C=O) groups excluding carboxylic acids is 1. The largest absolute Gasteiger partial charge is 0.497 e. The van der Waals surface area contributed by atoms with Gasteiger partial charge in [0.1, 0.15) is 5.75 Å². The standard InChI is InChI=1S/C19H24N2O4/c1-12-10-25-11-13(2)21(12)18(22)7-5-15-8-14-4-6-16(24-3)9-17(14)20-19(15)23/h4,6,8-9,12-13H,5,7,10-11H2,1-3H3,(H,20,23). The molecule has 1 aromatic carbocycles. The van der Waals surface area contributed by atoms with Crippen LogP contribution in [0.2, 0.25) is 0 Å². The molecule has 0 bridgehead atoms. The summed E-state index contributed by atoms with van der Waals surface area (Å²) in [6.45, 7) is 5.11. The van der Waals surface area contributed by atoms with E-state index >= 15 is 0 Å². The summed E-state index contributed by atoms with van der Waals surface area (Å²) < 4.78 is 10.6. The summed E-state index contributed by atoms with van der Waals surface area (Å²) >= 11 is 0. The van der Waals surface area contributed by atoms with Crippen LogP contribution in [0, 0.1) is 0 Å². The number of ether oxygens (including phenoxy) is 2. The van der Waals surface area contributed by atoms with Gasteiger partial charge in [-0.2, -0.15) is 0 Å². The highest BCUT2D eigenvalue weighted by atomic mass is 16.5. The fraction of sp³-hybridized carbons (Fsp3) is 0.474. The van der Waals surface area contributed by atoms with Gasteiger partial charge in [-0.25, -0.2) is 0 Å². The number of aromatic nitrogens is 1. The Morgan fingerprint density at radius 3 is 2.68 bits per heavy atom. The minimum absolute atomic E-state index is 0.0672. The quantitative estimate of drug-likeness (QED) is 0.922. The molecular formula is C19H24N2O4. The number of carbonyl (C=O) groups is 1. The average molecular weight is 344 g/mol. The highest BCUT2D eigenvalue weighted by Gasteiger charge is 2.29. The third-order valence-electron chi connectivity index (χ3n) is 4.69. The molecule has 0 spiro atoms. The lowest BCUT2D eigenvalue weighted by molar-refractivity contribution is -0.144. The molecule has 6 heteroatoms. The second-order valence-electron chi connectivity index (χ2n) is 6.61. The van der Waals surface area contributed by atoms with Crippen LogP contribution >= 0.6 is 0 Å².